The van der Waals surface area contributed by atoms with Gasteiger partial charge in [-0.05, 0) is 19.1 Å². The van der Waals surface area contributed by atoms with E-state index in [1.165, 1.54) is 6.92 Å². The lowest BCUT2D eigenvalue weighted by atomic mass is 10.1. The van der Waals surface area contributed by atoms with E-state index < -0.39 is 11.6 Å². The SMILES string of the molecule is CC.CC(=O)c1cc(F)cc(F)c1. The first kappa shape index (κ1) is 11.8. The van der Waals surface area contributed by atoms with Crippen molar-refractivity contribution in [2.24, 2.45) is 0 Å². The summed E-state index contributed by atoms with van der Waals surface area (Å²) < 4.78 is 24.8. The highest BCUT2D eigenvalue weighted by molar-refractivity contribution is 5.93. The summed E-state index contributed by atoms with van der Waals surface area (Å²) in [5.41, 5.74) is 0.0579. The average molecular weight is 186 g/mol. The first-order valence-electron chi connectivity index (χ1n) is 4.06. The largest absolute Gasteiger partial charge is 0.295 e. The predicted molar refractivity (Wildman–Crippen MR) is 47.7 cm³/mol. The molecule has 0 heterocycles. The minimum atomic E-state index is -0.727. The number of rotatable bonds is 1. The molecule has 1 aromatic carbocycles. The van der Waals surface area contributed by atoms with E-state index >= 15 is 0 Å². The number of hydrogen-bond donors (Lipinski definition) is 0. The maximum absolute atomic E-state index is 12.4. The maximum Gasteiger partial charge on any atom is 0.160 e. The van der Waals surface area contributed by atoms with Gasteiger partial charge in [-0.25, -0.2) is 8.78 Å². The van der Waals surface area contributed by atoms with Crippen LogP contribution in [0.15, 0.2) is 18.2 Å². The molecule has 0 bridgehead atoms. The van der Waals surface area contributed by atoms with Gasteiger partial charge in [0.2, 0.25) is 0 Å². The Labute approximate surface area is 76.4 Å². The van der Waals surface area contributed by atoms with E-state index in [4.69, 9.17) is 0 Å². The lowest BCUT2D eigenvalue weighted by Gasteiger charge is -1.95. The number of benzene rings is 1. The number of hydrogen-bond acceptors (Lipinski definition) is 1. The second kappa shape index (κ2) is 5.41. The van der Waals surface area contributed by atoms with Crippen LogP contribution in [0.2, 0.25) is 0 Å². The van der Waals surface area contributed by atoms with E-state index in [0.29, 0.717) is 0 Å². The van der Waals surface area contributed by atoms with Gasteiger partial charge in [0.15, 0.2) is 5.78 Å². The van der Waals surface area contributed by atoms with Gasteiger partial charge in [-0.3, -0.25) is 4.79 Å². The normalized spacial score (nSPS) is 8.69. The second-order valence-corrected chi connectivity index (χ2v) is 2.21. The first-order valence-corrected chi connectivity index (χ1v) is 4.06. The third kappa shape index (κ3) is 3.78. The van der Waals surface area contributed by atoms with Crippen LogP contribution in [0.5, 0.6) is 0 Å². The second-order valence-electron chi connectivity index (χ2n) is 2.21. The molecule has 0 aromatic heterocycles. The minimum absolute atomic E-state index is 0.0579. The van der Waals surface area contributed by atoms with Crippen LogP contribution in [0.3, 0.4) is 0 Å². The molecule has 1 nitrogen and oxygen atoms in total. The molecule has 3 heteroatoms. The Morgan fingerprint density at radius 2 is 1.46 bits per heavy atom. The fourth-order valence-corrected chi connectivity index (χ4v) is 0.757. The van der Waals surface area contributed by atoms with Crippen molar-refractivity contribution < 1.29 is 13.6 Å². The summed E-state index contributed by atoms with van der Waals surface area (Å²) in [6.07, 6.45) is 0. The standard InChI is InChI=1S/C8H6F2O.C2H6/c1-5(11)6-2-7(9)4-8(10)3-6;1-2/h2-4H,1H3;1-2H3. The highest BCUT2D eigenvalue weighted by Crippen LogP contribution is 2.07. The number of carbonyl (C=O) groups is 1. The zero-order valence-corrected chi connectivity index (χ0v) is 7.90. The molecule has 13 heavy (non-hydrogen) atoms. The van der Waals surface area contributed by atoms with Crippen molar-refractivity contribution in [3.05, 3.63) is 35.4 Å². The lowest BCUT2D eigenvalue weighted by Crippen LogP contribution is -1.93. The van der Waals surface area contributed by atoms with Gasteiger partial charge in [0, 0.05) is 11.6 Å². The Balaban J connectivity index is 0.000000671. The van der Waals surface area contributed by atoms with Gasteiger partial charge >= 0.3 is 0 Å². The highest BCUT2D eigenvalue weighted by Gasteiger charge is 2.03. The molecule has 0 saturated heterocycles. The van der Waals surface area contributed by atoms with Crippen molar-refractivity contribution in [2.45, 2.75) is 20.8 Å². The summed E-state index contributed by atoms with van der Waals surface area (Å²) in [4.78, 5) is 10.6. The van der Waals surface area contributed by atoms with Crippen LogP contribution in [-0.2, 0) is 0 Å². The van der Waals surface area contributed by atoms with Gasteiger partial charge in [-0.2, -0.15) is 0 Å². The molecule has 0 saturated carbocycles. The number of carbonyl (C=O) groups excluding carboxylic acids is 1. The van der Waals surface area contributed by atoms with E-state index in [-0.39, 0.29) is 11.3 Å². The van der Waals surface area contributed by atoms with Crippen LogP contribution in [0.4, 0.5) is 8.78 Å². The minimum Gasteiger partial charge on any atom is -0.295 e. The Bertz CT molecular complexity index is 275. The Morgan fingerprint density at radius 1 is 1.08 bits per heavy atom. The van der Waals surface area contributed by atoms with Crippen LogP contribution in [0.1, 0.15) is 31.1 Å². The number of Topliss-reactive ketones (excluding diaryl/α,β-unsaturated/α-hetero) is 1. The highest BCUT2D eigenvalue weighted by atomic mass is 19.1. The molecule has 0 atom stereocenters. The molecule has 0 radical (unpaired) electrons. The van der Waals surface area contributed by atoms with E-state index in [1.807, 2.05) is 13.8 Å². The first-order chi connectivity index (χ1) is 6.09. The quantitative estimate of drug-likeness (QED) is 0.615. The summed E-state index contributed by atoms with van der Waals surface area (Å²) in [6.45, 7) is 5.26. The van der Waals surface area contributed by atoms with Crippen molar-refractivity contribution in [1.82, 2.24) is 0 Å². The van der Waals surface area contributed by atoms with Crippen LogP contribution < -0.4 is 0 Å². The van der Waals surface area contributed by atoms with Crippen LogP contribution in [-0.4, -0.2) is 5.78 Å². The lowest BCUT2D eigenvalue weighted by molar-refractivity contribution is 0.101. The van der Waals surface area contributed by atoms with E-state index in [9.17, 15) is 13.6 Å². The monoisotopic (exact) mass is 186 g/mol. The molecule has 0 unspecified atom stereocenters. The van der Waals surface area contributed by atoms with Gasteiger partial charge in [-0.1, -0.05) is 13.8 Å². The molecule has 1 rings (SSSR count). The number of halogens is 2. The molecule has 0 spiro atoms. The third-order valence-electron chi connectivity index (χ3n) is 1.27. The van der Waals surface area contributed by atoms with Crippen LogP contribution >= 0.6 is 0 Å². The summed E-state index contributed by atoms with van der Waals surface area (Å²) in [5.74, 6) is -1.80. The Kier molecular flexibility index (Phi) is 4.89. The molecule has 0 aliphatic carbocycles. The zero-order valence-electron chi connectivity index (χ0n) is 7.90. The maximum atomic E-state index is 12.4. The van der Waals surface area contributed by atoms with Crippen LogP contribution in [0, 0.1) is 11.6 Å². The topological polar surface area (TPSA) is 17.1 Å². The van der Waals surface area contributed by atoms with Crippen molar-refractivity contribution in [1.29, 1.82) is 0 Å². The molecule has 0 amide bonds. The molecule has 72 valence electrons. The van der Waals surface area contributed by atoms with Gasteiger partial charge in [-0.15, -0.1) is 0 Å². The summed E-state index contributed by atoms with van der Waals surface area (Å²) in [6, 6.07) is 2.74. The van der Waals surface area contributed by atoms with Crippen LogP contribution in [0.25, 0.3) is 0 Å². The van der Waals surface area contributed by atoms with Gasteiger partial charge in [0.05, 0.1) is 0 Å². The summed E-state index contributed by atoms with van der Waals surface area (Å²) in [7, 11) is 0. The van der Waals surface area contributed by atoms with Crippen molar-refractivity contribution in [3.8, 4) is 0 Å². The van der Waals surface area contributed by atoms with Gasteiger partial charge < -0.3 is 0 Å². The van der Waals surface area contributed by atoms with Crippen molar-refractivity contribution >= 4 is 5.78 Å². The van der Waals surface area contributed by atoms with E-state index in [2.05, 4.69) is 0 Å². The zero-order chi connectivity index (χ0) is 10.4. The smallest absolute Gasteiger partial charge is 0.160 e. The summed E-state index contributed by atoms with van der Waals surface area (Å²) in [5, 5.41) is 0. The molecule has 0 N–H and O–H groups in total. The van der Waals surface area contributed by atoms with Gasteiger partial charge in [0.1, 0.15) is 11.6 Å². The molecular weight excluding hydrogens is 174 g/mol. The number of ketones is 1. The molecule has 0 aliphatic rings. The fraction of sp³-hybridized carbons (Fsp3) is 0.300. The fourth-order valence-electron chi connectivity index (χ4n) is 0.757. The Morgan fingerprint density at radius 3 is 1.77 bits per heavy atom. The van der Waals surface area contributed by atoms with Crippen molar-refractivity contribution in [2.75, 3.05) is 0 Å². The molecular formula is C10H12F2O. The molecule has 1 aromatic rings. The van der Waals surface area contributed by atoms with E-state index in [0.717, 1.165) is 18.2 Å². The average Bonchev–Trinajstić information content (AvgIpc) is 2.06. The molecule has 0 fully saturated rings. The summed E-state index contributed by atoms with van der Waals surface area (Å²) >= 11 is 0. The molecule has 0 aliphatic heterocycles. The third-order valence-corrected chi connectivity index (χ3v) is 1.27. The van der Waals surface area contributed by atoms with Gasteiger partial charge in [0.25, 0.3) is 0 Å². The Hall–Kier alpha value is -1.25. The predicted octanol–water partition coefficient (Wildman–Crippen LogP) is 3.19. The van der Waals surface area contributed by atoms with Crippen molar-refractivity contribution in [3.63, 3.8) is 0 Å². The van der Waals surface area contributed by atoms with E-state index in [1.54, 1.807) is 0 Å².